The fourth-order valence-corrected chi connectivity index (χ4v) is 1.54. The summed E-state index contributed by atoms with van der Waals surface area (Å²) in [6, 6.07) is 7.82. The monoisotopic (exact) mass is 219 g/mol. The molecule has 1 atom stereocenters. The first-order chi connectivity index (χ1) is 7.54. The van der Waals surface area contributed by atoms with E-state index in [1.165, 1.54) is 0 Å². The van der Waals surface area contributed by atoms with Gasteiger partial charge in [-0.05, 0) is 18.1 Å². The van der Waals surface area contributed by atoms with Gasteiger partial charge in [0.2, 0.25) is 0 Å². The van der Waals surface area contributed by atoms with E-state index in [0.717, 1.165) is 17.7 Å². The quantitative estimate of drug-likeness (QED) is 0.708. The molecule has 1 aromatic carbocycles. The van der Waals surface area contributed by atoms with E-state index in [0.29, 0.717) is 12.3 Å². The van der Waals surface area contributed by atoms with Gasteiger partial charge >= 0.3 is 0 Å². The molecule has 0 bridgehead atoms. The van der Waals surface area contributed by atoms with Crippen LogP contribution < -0.4 is 4.90 Å². The lowest BCUT2D eigenvalue weighted by atomic mass is 9.97. The second kappa shape index (κ2) is 5.69. The predicted molar refractivity (Wildman–Crippen MR) is 69.2 cm³/mol. The van der Waals surface area contributed by atoms with Crippen LogP contribution in [0.25, 0.3) is 0 Å². The Morgan fingerprint density at radius 1 is 1.38 bits per heavy atom. The van der Waals surface area contributed by atoms with Gasteiger partial charge in [-0.1, -0.05) is 32.4 Å². The highest BCUT2D eigenvalue weighted by atomic mass is 16.1. The second-order valence-electron chi connectivity index (χ2n) is 4.59. The van der Waals surface area contributed by atoms with Crippen LogP contribution in [0, 0.1) is 5.92 Å². The minimum absolute atomic E-state index is 0.248. The van der Waals surface area contributed by atoms with Crippen molar-refractivity contribution in [2.75, 3.05) is 19.0 Å². The summed E-state index contributed by atoms with van der Waals surface area (Å²) in [7, 11) is 3.97. The minimum Gasteiger partial charge on any atom is -0.378 e. The Morgan fingerprint density at radius 2 is 2.06 bits per heavy atom. The Labute approximate surface area is 98.3 Å². The van der Waals surface area contributed by atoms with Gasteiger partial charge in [-0.3, -0.25) is 4.79 Å². The molecular weight excluding hydrogens is 198 g/mol. The molecule has 0 aromatic heterocycles. The summed E-state index contributed by atoms with van der Waals surface area (Å²) in [6.07, 6.45) is 1.70. The summed E-state index contributed by atoms with van der Waals surface area (Å²) >= 11 is 0. The highest BCUT2D eigenvalue weighted by Gasteiger charge is 2.10. The topological polar surface area (TPSA) is 20.3 Å². The van der Waals surface area contributed by atoms with Crippen LogP contribution in [0.1, 0.15) is 37.0 Å². The fraction of sp³-hybridized carbons (Fsp3) is 0.500. The average Bonchev–Trinajstić information content (AvgIpc) is 2.28. The zero-order valence-corrected chi connectivity index (χ0v) is 10.7. The van der Waals surface area contributed by atoms with Crippen molar-refractivity contribution in [2.24, 2.45) is 5.92 Å². The summed E-state index contributed by atoms with van der Waals surface area (Å²) in [5, 5.41) is 0. The summed E-state index contributed by atoms with van der Waals surface area (Å²) in [4.78, 5) is 14.0. The van der Waals surface area contributed by atoms with Crippen molar-refractivity contribution in [3.63, 3.8) is 0 Å². The molecule has 88 valence electrons. The normalized spacial score (nSPS) is 12.2. The largest absolute Gasteiger partial charge is 0.378 e. The zero-order valence-electron chi connectivity index (χ0n) is 10.7. The number of ketones is 1. The van der Waals surface area contributed by atoms with E-state index in [9.17, 15) is 4.79 Å². The fourth-order valence-electron chi connectivity index (χ4n) is 1.54. The van der Waals surface area contributed by atoms with Crippen LogP contribution in [-0.4, -0.2) is 19.9 Å². The highest BCUT2D eigenvalue weighted by Crippen LogP contribution is 2.17. The Morgan fingerprint density at radius 3 is 2.62 bits per heavy atom. The van der Waals surface area contributed by atoms with Crippen LogP contribution >= 0.6 is 0 Å². The average molecular weight is 219 g/mol. The van der Waals surface area contributed by atoms with Crippen LogP contribution in [0.2, 0.25) is 0 Å². The zero-order chi connectivity index (χ0) is 12.1. The molecule has 0 aliphatic carbocycles. The molecule has 2 heteroatoms. The number of carbonyl (C=O) groups excluding carboxylic acids is 1. The smallest absolute Gasteiger partial charge is 0.163 e. The van der Waals surface area contributed by atoms with Gasteiger partial charge in [-0.15, -0.1) is 0 Å². The van der Waals surface area contributed by atoms with Crippen molar-refractivity contribution < 1.29 is 4.79 Å². The van der Waals surface area contributed by atoms with Gasteiger partial charge in [0, 0.05) is 31.8 Å². The molecule has 1 rings (SSSR count). The Balaban J connectivity index is 2.79. The van der Waals surface area contributed by atoms with E-state index in [4.69, 9.17) is 0 Å². The van der Waals surface area contributed by atoms with Crippen molar-refractivity contribution in [1.29, 1.82) is 0 Å². The Bertz CT molecular complexity index is 358. The number of hydrogen-bond acceptors (Lipinski definition) is 2. The van der Waals surface area contributed by atoms with Crippen LogP contribution in [0.3, 0.4) is 0 Å². The van der Waals surface area contributed by atoms with Gasteiger partial charge in [0.15, 0.2) is 5.78 Å². The molecule has 16 heavy (non-hydrogen) atoms. The molecule has 1 aromatic rings. The molecule has 0 aliphatic heterocycles. The van der Waals surface area contributed by atoms with Gasteiger partial charge < -0.3 is 4.90 Å². The first-order valence-electron chi connectivity index (χ1n) is 5.85. The maximum Gasteiger partial charge on any atom is 0.163 e. The molecule has 0 amide bonds. The number of Topliss-reactive ketones (excluding diaryl/α,β-unsaturated/α-hetero) is 1. The minimum atomic E-state index is 0.248. The second-order valence-corrected chi connectivity index (χ2v) is 4.59. The Kier molecular flexibility index (Phi) is 4.53. The van der Waals surface area contributed by atoms with E-state index in [1.807, 2.05) is 43.3 Å². The summed E-state index contributed by atoms with van der Waals surface area (Å²) in [6.45, 7) is 4.24. The van der Waals surface area contributed by atoms with Gasteiger partial charge in [0.1, 0.15) is 0 Å². The number of rotatable bonds is 5. The van der Waals surface area contributed by atoms with Crippen LogP contribution in [0.5, 0.6) is 0 Å². The number of benzene rings is 1. The highest BCUT2D eigenvalue weighted by molar-refractivity contribution is 5.97. The number of nitrogens with zero attached hydrogens (tertiary/aromatic N) is 1. The molecule has 0 radical (unpaired) electrons. The standard InChI is InChI=1S/C14H21NO/c1-5-11(2)9-14(16)12-7-6-8-13(10-12)15(3)4/h6-8,10-11H,5,9H2,1-4H3. The van der Waals surface area contributed by atoms with E-state index in [1.54, 1.807) is 0 Å². The van der Waals surface area contributed by atoms with Gasteiger partial charge in [-0.25, -0.2) is 0 Å². The van der Waals surface area contributed by atoms with E-state index >= 15 is 0 Å². The van der Waals surface area contributed by atoms with Gasteiger partial charge in [0.25, 0.3) is 0 Å². The van der Waals surface area contributed by atoms with Crippen molar-refractivity contribution in [2.45, 2.75) is 26.7 Å². The number of hydrogen-bond donors (Lipinski definition) is 0. The molecule has 0 fully saturated rings. The Hall–Kier alpha value is -1.31. The van der Waals surface area contributed by atoms with Crippen LogP contribution in [0.15, 0.2) is 24.3 Å². The first-order valence-corrected chi connectivity index (χ1v) is 5.85. The third-order valence-corrected chi connectivity index (χ3v) is 2.92. The maximum absolute atomic E-state index is 12.0. The molecule has 1 unspecified atom stereocenters. The predicted octanol–water partition coefficient (Wildman–Crippen LogP) is 3.37. The van der Waals surface area contributed by atoms with Crippen molar-refractivity contribution in [3.05, 3.63) is 29.8 Å². The van der Waals surface area contributed by atoms with Crippen molar-refractivity contribution in [1.82, 2.24) is 0 Å². The lowest BCUT2D eigenvalue weighted by molar-refractivity contribution is 0.0963. The molecule has 0 aliphatic rings. The molecular formula is C14H21NO. The third kappa shape index (κ3) is 3.37. The van der Waals surface area contributed by atoms with Gasteiger partial charge in [0.05, 0.1) is 0 Å². The molecule has 0 saturated carbocycles. The van der Waals surface area contributed by atoms with Gasteiger partial charge in [-0.2, -0.15) is 0 Å². The van der Waals surface area contributed by atoms with E-state index in [-0.39, 0.29) is 5.78 Å². The molecule has 2 nitrogen and oxygen atoms in total. The molecule has 0 saturated heterocycles. The molecule has 0 N–H and O–H groups in total. The van der Waals surface area contributed by atoms with Crippen molar-refractivity contribution in [3.8, 4) is 0 Å². The number of anilines is 1. The lowest BCUT2D eigenvalue weighted by Gasteiger charge is -2.14. The number of carbonyl (C=O) groups is 1. The molecule has 0 heterocycles. The van der Waals surface area contributed by atoms with E-state index < -0.39 is 0 Å². The van der Waals surface area contributed by atoms with Crippen LogP contribution in [0.4, 0.5) is 5.69 Å². The first kappa shape index (κ1) is 12.8. The summed E-state index contributed by atoms with van der Waals surface area (Å²) in [5.74, 6) is 0.716. The SMILES string of the molecule is CCC(C)CC(=O)c1cccc(N(C)C)c1. The maximum atomic E-state index is 12.0. The van der Waals surface area contributed by atoms with Crippen LogP contribution in [-0.2, 0) is 0 Å². The summed E-state index contributed by atoms with van der Waals surface area (Å²) in [5.41, 5.74) is 1.90. The third-order valence-electron chi connectivity index (χ3n) is 2.92. The molecule has 0 spiro atoms. The summed E-state index contributed by atoms with van der Waals surface area (Å²) < 4.78 is 0. The van der Waals surface area contributed by atoms with Crippen molar-refractivity contribution >= 4 is 11.5 Å². The van der Waals surface area contributed by atoms with E-state index in [2.05, 4.69) is 13.8 Å². The lowest BCUT2D eigenvalue weighted by Crippen LogP contribution is -2.10.